The van der Waals surface area contributed by atoms with Crippen molar-refractivity contribution in [2.45, 2.75) is 76.9 Å². The summed E-state index contributed by atoms with van der Waals surface area (Å²) < 4.78 is 5.87. The summed E-state index contributed by atoms with van der Waals surface area (Å²) in [5, 5.41) is 10.8. The maximum Gasteiger partial charge on any atom is 0.213 e. The number of benzene rings is 1. The van der Waals surface area contributed by atoms with E-state index >= 15 is 0 Å². The predicted octanol–water partition coefficient (Wildman–Crippen LogP) is 4.30. The van der Waals surface area contributed by atoms with Crippen molar-refractivity contribution in [1.29, 1.82) is 0 Å². The van der Waals surface area contributed by atoms with E-state index in [0.29, 0.717) is 18.5 Å². The van der Waals surface area contributed by atoms with Crippen LogP contribution in [0.15, 0.2) is 45.9 Å². The van der Waals surface area contributed by atoms with Gasteiger partial charge in [-0.25, -0.2) is 4.98 Å². The van der Waals surface area contributed by atoms with E-state index in [4.69, 9.17) is 4.42 Å². The Kier molecular flexibility index (Phi) is 7.19. The fourth-order valence-electron chi connectivity index (χ4n) is 4.08. The first-order valence-corrected chi connectivity index (χ1v) is 11.0. The number of aromatic nitrogens is 1. The number of hydrogen-bond donors (Lipinski definition) is 3. The highest BCUT2D eigenvalue weighted by Crippen LogP contribution is 2.32. The van der Waals surface area contributed by atoms with Gasteiger partial charge in [-0.3, -0.25) is 4.99 Å². The second kappa shape index (κ2) is 9.65. The first-order chi connectivity index (χ1) is 14.3. The van der Waals surface area contributed by atoms with E-state index in [2.05, 4.69) is 84.0 Å². The van der Waals surface area contributed by atoms with Gasteiger partial charge in [0.15, 0.2) is 5.96 Å². The summed E-state index contributed by atoms with van der Waals surface area (Å²) in [7, 11) is 1.80. The summed E-state index contributed by atoms with van der Waals surface area (Å²) in [5.41, 5.74) is 1.36. The average Bonchev–Trinajstić information content (AvgIpc) is 3.39. The van der Waals surface area contributed by atoms with Gasteiger partial charge >= 0.3 is 0 Å². The summed E-state index contributed by atoms with van der Waals surface area (Å²) in [6.45, 7) is 9.96. The molecule has 1 aliphatic carbocycles. The van der Waals surface area contributed by atoms with Gasteiger partial charge in [0.2, 0.25) is 5.89 Å². The lowest BCUT2D eigenvalue weighted by Crippen LogP contribution is -2.54. The molecule has 0 amide bonds. The summed E-state index contributed by atoms with van der Waals surface area (Å²) >= 11 is 0. The molecule has 30 heavy (non-hydrogen) atoms. The van der Waals surface area contributed by atoms with Gasteiger partial charge < -0.3 is 20.4 Å². The Balaban J connectivity index is 1.56. The van der Waals surface area contributed by atoms with Crippen molar-refractivity contribution in [2.24, 2.45) is 4.99 Å². The number of hydrogen-bond acceptors (Lipinski definition) is 4. The Hall–Kier alpha value is -2.34. The molecule has 1 aromatic carbocycles. The minimum Gasteiger partial charge on any atom is -0.443 e. The first-order valence-electron chi connectivity index (χ1n) is 11.0. The van der Waals surface area contributed by atoms with Crippen LogP contribution in [0.3, 0.4) is 0 Å². The molecule has 1 atom stereocenters. The number of guanidine groups is 1. The van der Waals surface area contributed by atoms with Crippen LogP contribution >= 0.6 is 0 Å². The molecule has 0 radical (unpaired) electrons. The van der Waals surface area contributed by atoms with Crippen molar-refractivity contribution < 1.29 is 4.42 Å². The first kappa shape index (κ1) is 22.3. The fourth-order valence-corrected chi connectivity index (χ4v) is 4.08. The third-order valence-corrected chi connectivity index (χ3v) is 5.90. The minimum atomic E-state index is -0.0405. The lowest BCUT2D eigenvalue weighted by molar-refractivity contribution is 0.297. The van der Waals surface area contributed by atoms with Crippen LogP contribution in [0.2, 0.25) is 0 Å². The van der Waals surface area contributed by atoms with Crippen molar-refractivity contribution in [3.63, 3.8) is 0 Å². The van der Waals surface area contributed by atoms with E-state index in [1.165, 1.54) is 31.2 Å². The number of nitrogens with zero attached hydrogens (tertiary/aromatic N) is 2. The number of oxazole rings is 1. The smallest absolute Gasteiger partial charge is 0.213 e. The molecule has 6 nitrogen and oxygen atoms in total. The Bertz CT molecular complexity index is 816. The molecule has 2 aromatic rings. The van der Waals surface area contributed by atoms with Crippen LogP contribution in [-0.2, 0) is 12.0 Å². The van der Waals surface area contributed by atoms with Crippen LogP contribution in [0.1, 0.15) is 76.6 Å². The van der Waals surface area contributed by atoms with Crippen molar-refractivity contribution in [2.75, 3.05) is 13.6 Å². The lowest BCUT2D eigenvalue weighted by atomic mass is 9.94. The van der Waals surface area contributed by atoms with E-state index in [-0.39, 0.29) is 11.0 Å². The molecule has 0 bridgehead atoms. The van der Waals surface area contributed by atoms with Gasteiger partial charge in [-0.05, 0) is 25.3 Å². The Morgan fingerprint density at radius 3 is 2.47 bits per heavy atom. The van der Waals surface area contributed by atoms with Gasteiger partial charge in [-0.1, -0.05) is 63.9 Å². The van der Waals surface area contributed by atoms with Crippen LogP contribution in [0.4, 0.5) is 0 Å². The SMILES string of the molecule is CN=C(NCc1ncc(C(C)(C)C)o1)NCC1(NC(C)c2ccccc2)CCCC1. The molecule has 3 N–H and O–H groups in total. The van der Waals surface area contributed by atoms with Crippen LogP contribution in [-0.4, -0.2) is 30.1 Å². The molecule has 1 saturated carbocycles. The molecular formula is C24H37N5O. The van der Waals surface area contributed by atoms with Crippen molar-refractivity contribution in [3.8, 4) is 0 Å². The van der Waals surface area contributed by atoms with E-state index in [9.17, 15) is 0 Å². The highest BCUT2D eigenvalue weighted by molar-refractivity contribution is 5.79. The number of rotatable bonds is 7. The van der Waals surface area contributed by atoms with E-state index in [1.54, 1.807) is 7.05 Å². The Morgan fingerprint density at radius 2 is 1.87 bits per heavy atom. The molecule has 1 heterocycles. The third kappa shape index (κ3) is 5.85. The van der Waals surface area contributed by atoms with Crippen LogP contribution in [0.5, 0.6) is 0 Å². The lowest BCUT2D eigenvalue weighted by Gasteiger charge is -2.34. The maximum atomic E-state index is 5.87. The second-order valence-electron chi connectivity index (χ2n) is 9.41. The molecule has 3 rings (SSSR count). The molecule has 6 heteroatoms. The Labute approximate surface area is 181 Å². The van der Waals surface area contributed by atoms with Crippen LogP contribution < -0.4 is 16.0 Å². The van der Waals surface area contributed by atoms with Gasteiger partial charge in [-0.2, -0.15) is 0 Å². The highest BCUT2D eigenvalue weighted by atomic mass is 16.4. The average molecular weight is 412 g/mol. The molecule has 164 valence electrons. The highest BCUT2D eigenvalue weighted by Gasteiger charge is 2.35. The molecule has 1 fully saturated rings. The topological polar surface area (TPSA) is 74.5 Å². The number of aliphatic imine (C=N–C) groups is 1. The normalized spacial score (nSPS) is 17.7. The van der Waals surface area contributed by atoms with Crippen LogP contribution in [0, 0.1) is 0 Å². The zero-order valence-electron chi connectivity index (χ0n) is 19.1. The summed E-state index contributed by atoms with van der Waals surface area (Å²) in [5.74, 6) is 2.34. The summed E-state index contributed by atoms with van der Waals surface area (Å²) in [4.78, 5) is 8.77. The predicted molar refractivity (Wildman–Crippen MR) is 123 cm³/mol. The Morgan fingerprint density at radius 1 is 1.17 bits per heavy atom. The maximum absolute atomic E-state index is 5.87. The molecule has 0 saturated heterocycles. The largest absolute Gasteiger partial charge is 0.443 e. The second-order valence-corrected chi connectivity index (χ2v) is 9.41. The van der Waals surface area contributed by atoms with Gasteiger partial charge in [0.1, 0.15) is 5.76 Å². The molecule has 0 aliphatic heterocycles. The zero-order valence-corrected chi connectivity index (χ0v) is 19.1. The third-order valence-electron chi connectivity index (χ3n) is 5.90. The number of nitrogens with one attached hydrogen (secondary N) is 3. The van der Waals surface area contributed by atoms with E-state index in [0.717, 1.165) is 18.3 Å². The molecule has 1 aromatic heterocycles. The van der Waals surface area contributed by atoms with Crippen LogP contribution in [0.25, 0.3) is 0 Å². The molecule has 0 spiro atoms. The van der Waals surface area contributed by atoms with Gasteiger partial charge in [0, 0.05) is 30.6 Å². The summed E-state index contributed by atoms with van der Waals surface area (Å²) in [6.07, 6.45) is 6.67. The zero-order chi connectivity index (χ0) is 21.6. The van der Waals surface area contributed by atoms with Crippen molar-refractivity contribution in [1.82, 2.24) is 20.9 Å². The van der Waals surface area contributed by atoms with Gasteiger partial charge in [0.05, 0.1) is 12.7 Å². The van der Waals surface area contributed by atoms with Crippen molar-refractivity contribution >= 4 is 5.96 Å². The standard InChI is InChI=1S/C24H37N5O/c1-18(19-11-7-6-8-12-19)29-24(13-9-10-14-24)17-28-22(25-5)27-16-21-26-15-20(30-21)23(2,3)4/h6-8,11-12,15,18,29H,9-10,13-14,16-17H2,1-5H3,(H2,25,27,28). The fraction of sp³-hybridized carbons (Fsp3) is 0.583. The molecule has 1 unspecified atom stereocenters. The summed E-state index contributed by atoms with van der Waals surface area (Å²) in [6, 6.07) is 11.0. The monoisotopic (exact) mass is 411 g/mol. The van der Waals surface area contributed by atoms with Gasteiger partial charge in [-0.15, -0.1) is 0 Å². The van der Waals surface area contributed by atoms with Gasteiger partial charge in [0.25, 0.3) is 0 Å². The quantitative estimate of drug-likeness (QED) is 0.468. The molecular weight excluding hydrogens is 374 g/mol. The molecule has 1 aliphatic rings. The minimum absolute atomic E-state index is 0.0405. The van der Waals surface area contributed by atoms with E-state index < -0.39 is 0 Å². The van der Waals surface area contributed by atoms with E-state index in [1.807, 2.05) is 6.20 Å². The van der Waals surface area contributed by atoms with Crippen molar-refractivity contribution in [3.05, 3.63) is 53.7 Å².